The SMILES string of the molecule is C=C(NC)c1cnc(N2CCN(C3CCN(Cc4ccccc4)CC3)C(N)C2)c(C)c1. The van der Waals surface area contributed by atoms with Crippen LogP contribution >= 0.6 is 0 Å². The summed E-state index contributed by atoms with van der Waals surface area (Å²) in [6, 6.07) is 13.5. The van der Waals surface area contributed by atoms with Gasteiger partial charge >= 0.3 is 0 Å². The third-order valence-electron chi connectivity index (χ3n) is 6.74. The van der Waals surface area contributed by atoms with E-state index >= 15 is 0 Å². The minimum Gasteiger partial charge on any atom is -0.388 e. The molecule has 0 radical (unpaired) electrons. The molecule has 0 bridgehead atoms. The number of nitrogens with two attached hydrogens (primary N) is 1. The van der Waals surface area contributed by atoms with Crippen molar-refractivity contribution < 1.29 is 0 Å². The van der Waals surface area contributed by atoms with Crippen LogP contribution in [0.25, 0.3) is 5.70 Å². The minimum atomic E-state index is 0.0487. The summed E-state index contributed by atoms with van der Waals surface area (Å²) in [5.74, 6) is 1.04. The van der Waals surface area contributed by atoms with Gasteiger partial charge in [0.1, 0.15) is 5.82 Å². The molecule has 2 aliphatic rings. The number of likely N-dealkylation sites (tertiary alicyclic amines) is 1. The average Bonchev–Trinajstić information content (AvgIpc) is 2.80. The number of aromatic nitrogens is 1. The van der Waals surface area contributed by atoms with Crippen molar-refractivity contribution in [1.29, 1.82) is 0 Å². The zero-order chi connectivity index (χ0) is 21.8. The van der Waals surface area contributed by atoms with Crippen molar-refractivity contribution in [1.82, 2.24) is 20.1 Å². The highest BCUT2D eigenvalue weighted by atomic mass is 15.4. The summed E-state index contributed by atoms with van der Waals surface area (Å²) >= 11 is 0. The summed E-state index contributed by atoms with van der Waals surface area (Å²) in [4.78, 5) is 12.2. The second kappa shape index (κ2) is 9.81. The van der Waals surface area contributed by atoms with E-state index in [2.05, 4.69) is 69.9 Å². The first-order valence-electron chi connectivity index (χ1n) is 11.4. The second-order valence-electron chi connectivity index (χ2n) is 8.84. The number of benzene rings is 1. The van der Waals surface area contributed by atoms with E-state index in [0.29, 0.717) is 6.04 Å². The van der Waals surface area contributed by atoms with Crippen LogP contribution in [0, 0.1) is 6.92 Å². The Morgan fingerprint density at radius 3 is 2.55 bits per heavy atom. The lowest BCUT2D eigenvalue weighted by molar-refractivity contribution is 0.0647. The van der Waals surface area contributed by atoms with Gasteiger partial charge in [-0.25, -0.2) is 4.98 Å². The highest BCUT2D eigenvalue weighted by Crippen LogP contribution is 2.26. The van der Waals surface area contributed by atoms with Crippen LogP contribution in [-0.4, -0.2) is 66.8 Å². The summed E-state index contributed by atoms with van der Waals surface area (Å²) in [5.41, 5.74) is 11.2. The Balaban J connectivity index is 1.31. The number of nitrogens with zero attached hydrogens (tertiary/aromatic N) is 4. The fourth-order valence-corrected chi connectivity index (χ4v) is 4.93. The standard InChI is InChI=1S/C25H36N6/c1-19-15-22(20(2)27-3)16-28-25(19)30-13-14-31(24(26)18-30)23-9-11-29(12-10-23)17-21-7-5-4-6-8-21/h4-8,15-16,23-24,27H,2,9-14,17-18,26H2,1,3H3. The Morgan fingerprint density at radius 1 is 1.16 bits per heavy atom. The molecule has 6 heteroatoms. The molecule has 0 spiro atoms. The van der Waals surface area contributed by atoms with Gasteiger partial charge in [0, 0.05) is 56.7 Å². The zero-order valence-corrected chi connectivity index (χ0v) is 18.9. The van der Waals surface area contributed by atoms with Gasteiger partial charge in [-0.2, -0.15) is 0 Å². The normalized spacial score (nSPS) is 21.3. The van der Waals surface area contributed by atoms with Crippen molar-refractivity contribution in [3.63, 3.8) is 0 Å². The number of hydrogen-bond donors (Lipinski definition) is 2. The lowest BCUT2D eigenvalue weighted by Gasteiger charge is -2.46. The first-order valence-corrected chi connectivity index (χ1v) is 11.4. The number of anilines is 1. The zero-order valence-electron chi connectivity index (χ0n) is 18.9. The molecule has 2 saturated heterocycles. The van der Waals surface area contributed by atoms with Gasteiger partial charge in [0.05, 0.1) is 6.17 Å². The molecule has 1 unspecified atom stereocenters. The van der Waals surface area contributed by atoms with Crippen molar-refractivity contribution in [2.45, 2.75) is 38.5 Å². The van der Waals surface area contributed by atoms with E-state index in [4.69, 9.17) is 10.7 Å². The largest absolute Gasteiger partial charge is 0.388 e. The van der Waals surface area contributed by atoms with Gasteiger partial charge in [0.25, 0.3) is 0 Å². The van der Waals surface area contributed by atoms with Crippen LogP contribution in [-0.2, 0) is 6.54 Å². The average molecular weight is 421 g/mol. The number of piperazine rings is 1. The molecule has 6 nitrogen and oxygen atoms in total. The smallest absolute Gasteiger partial charge is 0.131 e. The van der Waals surface area contributed by atoms with Crippen molar-refractivity contribution in [2.24, 2.45) is 5.73 Å². The van der Waals surface area contributed by atoms with Gasteiger partial charge in [-0.05, 0) is 50.0 Å². The molecule has 0 amide bonds. The van der Waals surface area contributed by atoms with E-state index in [1.165, 1.54) is 24.0 Å². The lowest BCUT2D eigenvalue weighted by Crippen LogP contribution is -2.62. The van der Waals surface area contributed by atoms with Gasteiger partial charge in [0.2, 0.25) is 0 Å². The summed E-state index contributed by atoms with van der Waals surface area (Å²) in [6.45, 7) is 12.3. The van der Waals surface area contributed by atoms with Gasteiger partial charge in [-0.3, -0.25) is 9.80 Å². The van der Waals surface area contributed by atoms with E-state index in [0.717, 1.165) is 56.3 Å². The van der Waals surface area contributed by atoms with Gasteiger partial charge in [0.15, 0.2) is 0 Å². The molecule has 0 aliphatic carbocycles. The monoisotopic (exact) mass is 420 g/mol. The number of nitrogens with one attached hydrogen (secondary N) is 1. The minimum absolute atomic E-state index is 0.0487. The number of pyridine rings is 1. The van der Waals surface area contributed by atoms with E-state index < -0.39 is 0 Å². The molecule has 4 rings (SSSR count). The number of rotatable bonds is 6. The predicted octanol–water partition coefficient (Wildman–Crippen LogP) is 2.65. The van der Waals surface area contributed by atoms with E-state index in [1.54, 1.807) is 0 Å². The Kier molecular flexibility index (Phi) is 6.90. The summed E-state index contributed by atoms with van der Waals surface area (Å²) in [7, 11) is 1.88. The van der Waals surface area contributed by atoms with Crippen LogP contribution in [0.15, 0.2) is 49.2 Å². The molecule has 0 saturated carbocycles. The molecule has 1 atom stereocenters. The van der Waals surface area contributed by atoms with E-state index in [1.807, 2.05) is 13.2 Å². The maximum absolute atomic E-state index is 6.66. The molecule has 166 valence electrons. The molecule has 2 fully saturated rings. The van der Waals surface area contributed by atoms with Crippen molar-refractivity contribution in [3.05, 3.63) is 65.9 Å². The first-order chi connectivity index (χ1) is 15.0. The molecule has 1 aromatic heterocycles. The molecule has 3 heterocycles. The predicted molar refractivity (Wildman–Crippen MR) is 129 cm³/mol. The number of hydrogen-bond acceptors (Lipinski definition) is 6. The van der Waals surface area contributed by atoms with Crippen LogP contribution in [0.5, 0.6) is 0 Å². The third kappa shape index (κ3) is 5.09. The Labute approximate surface area is 186 Å². The highest BCUT2D eigenvalue weighted by Gasteiger charge is 2.32. The molecular formula is C25H36N6. The Hall–Kier alpha value is -2.41. The summed E-state index contributed by atoms with van der Waals surface area (Å²) in [5, 5.41) is 3.09. The van der Waals surface area contributed by atoms with Crippen LogP contribution in [0.4, 0.5) is 5.82 Å². The summed E-state index contributed by atoms with van der Waals surface area (Å²) < 4.78 is 0. The second-order valence-corrected chi connectivity index (χ2v) is 8.84. The Bertz CT molecular complexity index is 875. The molecule has 2 aliphatic heterocycles. The third-order valence-corrected chi connectivity index (χ3v) is 6.74. The highest BCUT2D eigenvalue weighted by molar-refractivity contribution is 5.63. The quantitative estimate of drug-likeness (QED) is 0.749. The first kappa shape index (κ1) is 21.8. The summed E-state index contributed by atoms with van der Waals surface area (Å²) in [6.07, 6.45) is 4.34. The molecule has 31 heavy (non-hydrogen) atoms. The van der Waals surface area contributed by atoms with Gasteiger partial charge in [-0.15, -0.1) is 0 Å². The fraction of sp³-hybridized carbons (Fsp3) is 0.480. The number of piperidine rings is 1. The van der Waals surface area contributed by atoms with Crippen LogP contribution in [0.2, 0.25) is 0 Å². The fourth-order valence-electron chi connectivity index (χ4n) is 4.93. The van der Waals surface area contributed by atoms with Crippen LogP contribution < -0.4 is 16.0 Å². The van der Waals surface area contributed by atoms with Gasteiger partial charge < -0.3 is 16.0 Å². The Morgan fingerprint density at radius 2 is 1.90 bits per heavy atom. The van der Waals surface area contributed by atoms with Crippen molar-refractivity contribution in [2.75, 3.05) is 44.7 Å². The lowest BCUT2D eigenvalue weighted by atomic mass is 10.0. The van der Waals surface area contributed by atoms with Gasteiger partial charge in [-0.1, -0.05) is 36.9 Å². The molecule has 2 aromatic rings. The van der Waals surface area contributed by atoms with Crippen molar-refractivity contribution >= 4 is 11.5 Å². The number of aryl methyl sites for hydroxylation is 1. The van der Waals surface area contributed by atoms with Crippen LogP contribution in [0.3, 0.4) is 0 Å². The molecular weight excluding hydrogens is 384 g/mol. The maximum Gasteiger partial charge on any atom is 0.131 e. The van der Waals surface area contributed by atoms with Crippen molar-refractivity contribution in [3.8, 4) is 0 Å². The molecule has 1 aromatic carbocycles. The maximum atomic E-state index is 6.66. The van der Waals surface area contributed by atoms with E-state index in [-0.39, 0.29) is 6.17 Å². The van der Waals surface area contributed by atoms with Crippen LogP contribution in [0.1, 0.15) is 29.5 Å². The molecule has 3 N–H and O–H groups in total. The topological polar surface area (TPSA) is 60.7 Å². The van der Waals surface area contributed by atoms with E-state index in [9.17, 15) is 0 Å².